The normalized spacial score (nSPS) is 11.6. The Morgan fingerprint density at radius 1 is 1.21 bits per heavy atom. The van der Waals surface area contributed by atoms with Gasteiger partial charge in [0.15, 0.2) is 0 Å². The number of benzene rings is 1. The predicted molar refractivity (Wildman–Crippen MR) is 56.4 cm³/mol. The Hall–Kier alpha value is -0.920. The Kier molecular flexibility index (Phi) is 6.09. The van der Waals surface area contributed by atoms with Gasteiger partial charge in [0, 0.05) is 6.07 Å². The Morgan fingerprint density at radius 3 is 2.21 bits per heavy atom. The Balaban J connectivity index is 0.000000791. The van der Waals surface area contributed by atoms with Crippen LogP contribution in [0.4, 0.5) is 8.78 Å². The summed E-state index contributed by atoms with van der Waals surface area (Å²) in [6.45, 7) is 7.91. The van der Waals surface area contributed by atoms with Gasteiger partial charge in [-0.25, -0.2) is 8.78 Å². The van der Waals surface area contributed by atoms with E-state index in [4.69, 9.17) is 0 Å². The molecule has 0 aromatic heterocycles. The zero-order valence-corrected chi connectivity index (χ0v) is 9.27. The highest BCUT2D eigenvalue weighted by molar-refractivity contribution is 5.21. The van der Waals surface area contributed by atoms with Gasteiger partial charge in [0.05, 0.1) is 0 Å². The molecule has 0 amide bonds. The first-order chi connectivity index (χ1) is 6.65. The second-order valence-electron chi connectivity index (χ2n) is 2.98. The lowest BCUT2D eigenvalue weighted by Crippen LogP contribution is -1.96. The summed E-state index contributed by atoms with van der Waals surface area (Å²) in [4.78, 5) is 0. The molecule has 1 atom stereocenters. The third kappa shape index (κ3) is 3.44. The van der Waals surface area contributed by atoms with Crippen LogP contribution in [0.15, 0.2) is 18.2 Å². The number of rotatable bonds is 2. The second kappa shape index (κ2) is 6.52. The van der Waals surface area contributed by atoms with Gasteiger partial charge in [-0.3, -0.25) is 0 Å². The van der Waals surface area contributed by atoms with Crippen LogP contribution in [-0.4, -0.2) is 0 Å². The van der Waals surface area contributed by atoms with Gasteiger partial charge in [-0.2, -0.15) is 0 Å². The van der Waals surface area contributed by atoms with Crippen LogP contribution in [0.5, 0.6) is 0 Å². The number of halogens is 2. The fourth-order valence-electron chi connectivity index (χ4n) is 1.12. The first kappa shape index (κ1) is 13.1. The maximum absolute atomic E-state index is 13.0. The van der Waals surface area contributed by atoms with Crippen LogP contribution in [-0.2, 0) is 0 Å². The van der Waals surface area contributed by atoms with Crippen molar-refractivity contribution in [1.82, 2.24) is 0 Å². The van der Waals surface area contributed by atoms with Crippen molar-refractivity contribution >= 4 is 0 Å². The fourth-order valence-corrected chi connectivity index (χ4v) is 1.12. The molecule has 0 N–H and O–H groups in total. The van der Waals surface area contributed by atoms with E-state index in [1.54, 1.807) is 0 Å². The van der Waals surface area contributed by atoms with E-state index in [0.29, 0.717) is 5.56 Å². The molecule has 0 spiro atoms. The number of hydrogen-bond donors (Lipinski definition) is 0. The molecule has 1 aromatic rings. The molecule has 0 fully saturated rings. The van der Waals surface area contributed by atoms with E-state index >= 15 is 0 Å². The van der Waals surface area contributed by atoms with E-state index in [-0.39, 0.29) is 5.92 Å². The van der Waals surface area contributed by atoms with Crippen LogP contribution in [0.1, 0.15) is 45.6 Å². The van der Waals surface area contributed by atoms with Crippen LogP contribution < -0.4 is 0 Å². The van der Waals surface area contributed by atoms with Crippen molar-refractivity contribution in [2.75, 3.05) is 0 Å². The average Bonchev–Trinajstić information content (AvgIpc) is 2.20. The lowest BCUT2D eigenvalue weighted by molar-refractivity contribution is 0.556. The highest BCUT2D eigenvalue weighted by Crippen LogP contribution is 2.21. The smallest absolute Gasteiger partial charge is 0.129 e. The summed E-state index contributed by atoms with van der Waals surface area (Å²) in [7, 11) is 0. The molecule has 0 saturated carbocycles. The zero-order chi connectivity index (χ0) is 11.1. The molecule has 0 radical (unpaired) electrons. The molecule has 1 rings (SSSR count). The quantitative estimate of drug-likeness (QED) is 0.659. The van der Waals surface area contributed by atoms with Crippen LogP contribution in [0.3, 0.4) is 0 Å². The highest BCUT2D eigenvalue weighted by atomic mass is 19.1. The minimum absolute atomic E-state index is 0.158. The first-order valence-electron chi connectivity index (χ1n) is 5.10. The van der Waals surface area contributed by atoms with Gasteiger partial charge < -0.3 is 0 Å². The maximum Gasteiger partial charge on any atom is 0.129 e. The third-order valence-electron chi connectivity index (χ3n) is 2.11. The molecule has 0 aliphatic rings. The summed E-state index contributed by atoms with van der Waals surface area (Å²) in [5.74, 6) is -0.797. The lowest BCUT2D eigenvalue weighted by Gasteiger charge is -2.09. The van der Waals surface area contributed by atoms with E-state index in [1.807, 2.05) is 27.7 Å². The standard InChI is InChI=1S/C10H12F2.C2H6/c1-3-7(2)9-5-4-8(11)6-10(9)12;1-2/h4-7H,3H2,1-2H3;1-2H3/t7-;/m1./s1. The SMILES string of the molecule is CC.CC[C@@H](C)c1ccc(F)cc1F. The molecule has 14 heavy (non-hydrogen) atoms. The van der Waals surface area contributed by atoms with Crippen molar-refractivity contribution in [1.29, 1.82) is 0 Å². The average molecular weight is 200 g/mol. The summed E-state index contributed by atoms with van der Waals surface area (Å²) in [5.41, 5.74) is 0.596. The van der Waals surface area contributed by atoms with Gasteiger partial charge in [0.1, 0.15) is 11.6 Å². The van der Waals surface area contributed by atoms with Crippen molar-refractivity contribution < 1.29 is 8.78 Å². The molecule has 80 valence electrons. The Morgan fingerprint density at radius 2 is 1.79 bits per heavy atom. The van der Waals surface area contributed by atoms with E-state index in [2.05, 4.69) is 0 Å². The monoisotopic (exact) mass is 200 g/mol. The molecule has 1 aromatic carbocycles. The van der Waals surface area contributed by atoms with Crippen LogP contribution in [0, 0.1) is 11.6 Å². The minimum atomic E-state index is -0.514. The van der Waals surface area contributed by atoms with Gasteiger partial charge in [-0.15, -0.1) is 0 Å². The lowest BCUT2D eigenvalue weighted by atomic mass is 9.98. The topological polar surface area (TPSA) is 0 Å². The molecule has 0 unspecified atom stereocenters. The predicted octanol–water partition coefficient (Wildman–Crippen LogP) is 4.50. The van der Waals surface area contributed by atoms with E-state index in [1.165, 1.54) is 12.1 Å². The molecular weight excluding hydrogens is 182 g/mol. The highest BCUT2D eigenvalue weighted by Gasteiger charge is 2.08. The molecule has 0 saturated heterocycles. The minimum Gasteiger partial charge on any atom is -0.207 e. The van der Waals surface area contributed by atoms with Crippen molar-refractivity contribution in [2.45, 2.75) is 40.0 Å². The summed E-state index contributed by atoms with van der Waals surface area (Å²) in [6.07, 6.45) is 0.864. The second-order valence-corrected chi connectivity index (χ2v) is 2.98. The summed E-state index contributed by atoms with van der Waals surface area (Å²) < 4.78 is 25.5. The largest absolute Gasteiger partial charge is 0.207 e. The fraction of sp³-hybridized carbons (Fsp3) is 0.500. The Bertz CT molecular complexity index is 269. The van der Waals surface area contributed by atoms with Crippen LogP contribution >= 0.6 is 0 Å². The van der Waals surface area contributed by atoms with E-state index < -0.39 is 11.6 Å². The van der Waals surface area contributed by atoms with E-state index in [9.17, 15) is 8.78 Å². The van der Waals surface area contributed by atoms with Gasteiger partial charge in [0.2, 0.25) is 0 Å². The van der Waals surface area contributed by atoms with Crippen LogP contribution in [0.25, 0.3) is 0 Å². The summed E-state index contributed by atoms with van der Waals surface area (Å²) in [5, 5.41) is 0. The molecule has 0 aliphatic heterocycles. The zero-order valence-electron chi connectivity index (χ0n) is 9.27. The van der Waals surface area contributed by atoms with Gasteiger partial charge in [0.25, 0.3) is 0 Å². The number of hydrogen-bond acceptors (Lipinski definition) is 0. The Labute approximate surface area is 85.0 Å². The van der Waals surface area contributed by atoms with Crippen molar-refractivity contribution in [3.05, 3.63) is 35.4 Å². The molecular formula is C12H18F2. The first-order valence-corrected chi connectivity index (χ1v) is 5.10. The molecule has 0 aliphatic carbocycles. The van der Waals surface area contributed by atoms with Gasteiger partial charge >= 0.3 is 0 Å². The molecule has 2 heteroatoms. The van der Waals surface area contributed by atoms with Crippen molar-refractivity contribution in [2.24, 2.45) is 0 Å². The third-order valence-corrected chi connectivity index (χ3v) is 2.11. The van der Waals surface area contributed by atoms with E-state index in [0.717, 1.165) is 12.5 Å². The van der Waals surface area contributed by atoms with Crippen molar-refractivity contribution in [3.8, 4) is 0 Å². The molecule has 0 bridgehead atoms. The summed E-state index contributed by atoms with van der Waals surface area (Å²) in [6, 6.07) is 3.74. The van der Waals surface area contributed by atoms with Gasteiger partial charge in [-0.1, -0.05) is 33.8 Å². The van der Waals surface area contributed by atoms with Crippen molar-refractivity contribution in [3.63, 3.8) is 0 Å². The molecule has 0 heterocycles. The maximum atomic E-state index is 13.0. The van der Waals surface area contributed by atoms with Gasteiger partial charge in [-0.05, 0) is 24.0 Å². The summed E-state index contributed by atoms with van der Waals surface area (Å²) >= 11 is 0. The molecule has 0 nitrogen and oxygen atoms in total. The van der Waals surface area contributed by atoms with Crippen LogP contribution in [0.2, 0.25) is 0 Å².